The second-order valence-corrected chi connectivity index (χ2v) is 3.06. The molecule has 0 unspecified atom stereocenters. The lowest BCUT2D eigenvalue weighted by Gasteiger charge is -2.06. The molecule has 0 radical (unpaired) electrons. The van der Waals surface area contributed by atoms with E-state index in [0.717, 1.165) is 0 Å². The highest BCUT2D eigenvalue weighted by Gasteiger charge is 2.04. The molecule has 2 amide bonds. The summed E-state index contributed by atoms with van der Waals surface area (Å²) >= 11 is 0. The van der Waals surface area contributed by atoms with Gasteiger partial charge in [0.05, 0.1) is 17.1 Å². The van der Waals surface area contributed by atoms with Crippen LogP contribution in [0.15, 0.2) is 17.2 Å². The van der Waals surface area contributed by atoms with E-state index < -0.39 is 6.03 Å². The number of urea groups is 1. The van der Waals surface area contributed by atoms with Gasteiger partial charge in [-0.25, -0.2) is 15.2 Å². The van der Waals surface area contributed by atoms with Crippen molar-refractivity contribution < 1.29 is 4.79 Å². The van der Waals surface area contributed by atoms with Crippen LogP contribution in [-0.2, 0) is 0 Å². The van der Waals surface area contributed by atoms with Crippen LogP contribution in [0, 0.1) is 0 Å². The molecule has 1 aromatic rings. The van der Waals surface area contributed by atoms with Gasteiger partial charge in [0.25, 0.3) is 0 Å². The van der Waals surface area contributed by atoms with Crippen LogP contribution < -0.4 is 22.2 Å². The first-order valence-electron chi connectivity index (χ1n) is 4.59. The highest BCUT2D eigenvalue weighted by Crippen LogP contribution is 2.14. The lowest BCUT2D eigenvalue weighted by molar-refractivity contribution is 0.249. The zero-order valence-corrected chi connectivity index (χ0v) is 9.11. The molecule has 0 aliphatic rings. The van der Waals surface area contributed by atoms with Crippen molar-refractivity contribution >= 4 is 23.2 Å². The average Bonchev–Trinajstić information content (AvgIpc) is 2.26. The van der Waals surface area contributed by atoms with Crippen LogP contribution in [0.5, 0.6) is 0 Å². The van der Waals surface area contributed by atoms with Crippen molar-refractivity contribution in [2.45, 2.75) is 6.92 Å². The van der Waals surface area contributed by atoms with Crippen molar-refractivity contribution in [3.63, 3.8) is 0 Å². The first-order valence-corrected chi connectivity index (χ1v) is 4.59. The third kappa shape index (κ3) is 2.84. The fraction of sp³-hybridized carbons (Fsp3) is 0.222. The molecular formula is C9H14N6O. The van der Waals surface area contributed by atoms with Crippen molar-refractivity contribution in [1.82, 2.24) is 10.4 Å². The minimum Gasteiger partial charge on any atom is -0.396 e. The maximum absolute atomic E-state index is 10.5. The summed E-state index contributed by atoms with van der Waals surface area (Å²) in [6.07, 6.45) is 0. The second-order valence-electron chi connectivity index (χ2n) is 3.06. The summed E-state index contributed by atoms with van der Waals surface area (Å²) in [6.45, 7) is 1.70. The number of primary amides is 1. The SMILES string of the molecule is CNc1nc(/C(C)=N\NC(N)=O)ccc1N. The average molecular weight is 222 g/mol. The van der Waals surface area contributed by atoms with Gasteiger partial charge in [0.1, 0.15) is 5.82 Å². The Morgan fingerprint density at radius 3 is 2.75 bits per heavy atom. The molecule has 1 aromatic heterocycles. The Hall–Kier alpha value is -2.31. The quantitative estimate of drug-likeness (QED) is 0.428. The maximum Gasteiger partial charge on any atom is 0.332 e. The molecule has 0 saturated carbocycles. The smallest absolute Gasteiger partial charge is 0.332 e. The van der Waals surface area contributed by atoms with E-state index in [1.807, 2.05) is 0 Å². The molecular weight excluding hydrogens is 208 g/mol. The molecule has 0 aliphatic heterocycles. The van der Waals surface area contributed by atoms with Crippen molar-refractivity contribution in [1.29, 1.82) is 0 Å². The van der Waals surface area contributed by atoms with Crippen molar-refractivity contribution in [2.75, 3.05) is 18.1 Å². The van der Waals surface area contributed by atoms with E-state index in [1.165, 1.54) is 0 Å². The largest absolute Gasteiger partial charge is 0.396 e. The number of hydrazone groups is 1. The first-order chi connectivity index (χ1) is 7.54. The Bertz CT molecular complexity index is 428. The number of nitrogens with two attached hydrogens (primary N) is 2. The molecule has 86 valence electrons. The number of rotatable bonds is 3. The lowest BCUT2D eigenvalue weighted by Crippen LogP contribution is -2.25. The molecule has 0 fully saturated rings. The zero-order valence-electron chi connectivity index (χ0n) is 9.11. The first kappa shape index (κ1) is 11.8. The normalized spacial score (nSPS) is 11.0. The summed E-state index contributed by atoms with van der Waals surface area (Å²) in [5.41, 5.74) is 14.4. The van der Waals surface area contributed by atoms with Gasteiger partial charge in [0.15, 0.2) is 0 Å². The molecule has 7 heteroatoms. The molecule has 6 N–H and O–H groups in total. The van der Waals surface area contributed by atoms with Gasteiger partial charge in [-0.2, -0.15) is 5.10 Å². The minimum atomic E-state index is -0.719. The van der Waals surface area contributed by atoms with E-state index >= 15 is 0 Å². The monoisotopic (exact) mass is 222 g/mol. The van der Waals surface area contributed by atoms with Crippen LogP contribution in [0.25, 0.3) is 0 Å². The standard InChI is InChI=1S/C9H14N6O/c1-5(14-15-9(11)16)7-4-3-6(10)8(12-2)13-7/h3-4H,10H2,1-2H3,(H,12,13)(H3,11,15,16)/b14-5-. The predicted molar refractivity (Wildman–Crippen MR) is 63.1 cm³/mol. The Balaban J connectivity index is 2.95. The minimum absolute atomic E-state index is 0.537. The molecule has 0 aromatic carbocycles. The topological polar surface area (TPSA) is 118 Å². The Morgan fingerprint density at radius 1 is 1.50 bits per heavy atom. The Labute approximate surface area is 92.9 Å². The van der Waals surface area contributed by atoms with E-state index in [2.05, 4.69) is 20.8 Å². The van der Waals surface area contributed by atoms with Crippen molar-refractivity contribution in [2.24, 2.45) is 10.8 Å². The third-order valence-electron chi connectivity index (χ3n) is 1.87. The second kappa shape index (κ2) is 4.96. The highest BCUT2D eigenvalue weighted by molar-refractivity contribution is 5.98. The number of carbonyl (C=O) groups excluding carboxylic acids is 1. The third-order valence-corrected chi connectivity index (χ3v) is 1.87. The molecule has 0 spiro atoms. The van der Waals surface area contributed by atoms with Gasteiger partial charge in [0, 0.05) is 7.05 Å². The van der Waals surface area contributed by atoms with Crippen molar-refractivity contribution in [3.05, 3.63) is 17.8 Å². The maximum atomic E-state index is 10.5. The van der Waals surface area contributed by atoms with Gasteiger partial charge < -0.3 is 16.8 Å². The fourth-order valence-corrected chi connectivity index (χ4v) is 1.07. The van der Waals surface area contributed by atoms with E-state index in [1.54, 1.807) is 26.1 Å². The summed E-state index contributed by atoms with van der Waals surface area (Å²) in [6, 6.07) is 2.69. The van der Waals surface area contributed by atoms with Crippen molar-refractivity contribution in [3.8, 4) is 0 Å². The molecule has 0 bridgehead atoms. The van der Waals surface area contributed by atoms with Gasteiger partial charge in [-0.15, -0.1) is 0 Å². The van der Waals surface area contributed by atoms with E-state index in [4.69, 9.17) is 11.5 Å². The number of nitrogen functional groups attached to an aromatic ring is 1. The molecule has 0 saturated heterocycles. The van der Waals surface area contributed by atoms with Gasteiger partial charge in [-0.05, 0) is 19.1 Å². The van der Waals surface area contributed by atoms with Crippen LogP contribution >= 0.6 is 0 Å². The molecule has 0 atom stereocenters. The van der Waals surface area contributed by atoms with Crippen LogP contribution in [0.3, 0.4) is 0 Å². The lowest BCUT2D eigenvalue weighted by atomic mass is 10.2. The van der Waals surface area contributed by atoms with Crippen LogP contribution in [0.2, 0.25) is 0 Å². The molecule has 16 heavy (non-hydrogen) atoms. The number of aromatic nitrogens is 1. The van der Waals surface area contributed by atoms with E-state index in [0.29, 0.717) is 22.9 Å². The molecule has 1 rings (SSSR count). The molecule has 1 heterocycles. The number of nitrogens with zero attached hydrogens (tertiary/aromatic N) is 2. The van der Waals surface area contributed by atoms with Gasteiger partial charge >= 0.3 is 6.03 Å². The van der Waals surface area contributed by atoms with Gasteiger partial charge in [-0.1, -0.05) is 0 Å². The van der Waals surface area contributed by atoms with Gasteiger partial charge in [0.2, 0.25) is 0 Å². The van der Waals surface area contributed by atoms with Crippen LogP contribution in [0.1, 0.15) is 12.6 Å². The number of hydrogen-bond acceptors (Lipinski definition) is 5. The predicted octanol–water partition coefficient (Wildman–Crippen LogP) is 0.0978. The fourth-order valence-electron chi connectivity index (χ4n) is 1.07. The van der Waals surface area contributed by atoms with Crippen LogP contribution in [-0.4, -0.2) is 23.8 Å². The number of nitrogens with one attached hydrogen (secondary N) is 2. The summed E-state index contributed by atoms with van der Waals surface area (Å²) in [5.74, 6) is 0.561. The summed E-state index contributed by atoms with van der Waals surface area (Å²) in [5, 5.41) is 6.61. The Kier molecular flexibility index (Phi) is 3.65. The zero-order chi connectivity index (χ0) is 12.1. The number of hydrogen-bond donors (Lipinski definition) is 4. The summed E-state index contributed by atoms with van der Waals surface area (Å²) < 4.78 is 0. The number of pyridine rings is 1. The molecule has 7 nitrogen and oxygen atoms in total. The van der Waals surface area contributed by atoms with Gasteiger partial charge in [-0.3, -0.25) is 0 Å². The van der Waals surface area contributed by atoms with Crippen LogP contribution in [0.4, 0.5) is 16.3 Å². The van der Waals surface area contributed by atoms with E-state index in [9.17, 15) is 4.79 Å². The number of amides is 2. The number of anilines is 2. The highest BCUT2D eigenvalue weighted by atomic mass is 16.2. The summed E-state index contributed by atoms with van der Waals surface area (Å²) in [7, 11) is 1.72. The van der Waals surface area contributed by atoms with E-state index in [-0.39, 0.29) is 0 Å². The molecule has 0 aliphatic carbocycles. The number of carbonyl (C=O) groups is 1. The summed E-state index contributed by atoms with van der Waals surface area (Å²) in [4.78, 5) is 14.7. The Morgan fingerprint density at radius 2 is 2.19 bits per heavy atom.